The first-order valence-corrected chi connectivity index (χ1v) is 11.4. The van der Waals surface area contributed by atoms with Crippen LogP contribution < -0.4 is 4.74 Å². The van der Waals surface area contributed by atoms with Gasteiger partial charge in [-0.15, -0.1) is 5.06 Å². The summed E-state index contributed by atoms with van der Waals surface area (Å²) in [6, 6.07) is 14.5. The highest BCUT2D eigenvalue weighted by molar-refractivity contribution is 6.02. The van der Waals surface area contributed by atoms with Crippen LogP contribution in [0.1, 0.15) is 34.7 Å². The fourth-order valence-electron chi connectivity index (χ4n) is 3.93. The van der Waals surface area contributed by atoms with Crippen molar-refractivity contribution in [1.82, 2.24) is 14.9 Å². The third-order valence-electron chi connectivity index (χ3n) is 5.87. The summed E-state index contributed by atoms with van der Waals surface area (Å²) in [4.78, 5) is 47.3. The maximum Gasteiger partial charge on any atom is 0.363 e. The van der Waals surface area contributed by atoms with Gasteiger partial charge in [0.2, 0.25) is 5.89 Å². The molecule has 0 atom stereocenters. The summed E-state index contributed by atoms with van der Waals surface area (Å²) < 4.78 is 11.1. The second kappa shape index (κ2) is 9.91. The predicted octanol–water partition coefficient (Wildman–Crippen LogP) is 3.98. The molecule has 0 saturated carbocycles. The maximum absolute atomic E-state index is 12.4. The first-order valence-electron chi connectivity index (χ1n) is 11.4. The number of aromatic nitrogens is 1. The molecule has 2 aliphatic heterocycles. The van der Waals surface area contributed by atoms with Gasteiger partial charge in [0.15, 0.2) is 5.76 Å². The van der Waals surface area contributed by atoms with Crippen LogP contribution in [0.4, 0.5) is 0 Å². The van der Waals surface area contributed by atoms with Crippen LogP contribution in [0.2, 0.25) is 0 Å². The van der Waals surface area contributed by atoms with Crippen LogP contribution in [0.3, 0.4) is 0 Å². The molecule has 36 heavy (non-hydrogen) atoms. The van der Waals surface area contributed by atoms with Gasteiger partial charge in [-0.25, -0.2) is 9.78 Å². The Morgan fingerprint density at radius 2 is 1.86 bits per heavy atom. The van der Waals surface area contributed by atoms with E-state index in [1.165, 1.54) is 0 Å². The topological polar surface area (TPSA) is 102 Å². The number of hydrogen-bond acceptors (Lipinski definition) is 8. The van der Waals surface area contributed by atoms with Crippen molar-refractivity contribution in [3.63, 3.8) is 0 Å². The van der Waals surface area contributed by atoms with E-state index in [-0.39, 0.29) is 18.4 Å². The number of imide groups is 1. The third kappa shape index (κ3) is 4.90. The van der Waals surface area contributed by atoms with Gasteiger partial charge in [-0.2, -0.15) is 0 Å². The monoisotopic (exact) mass is 485 g/mol. The molecule has 2 aliphatic rings. The van der Waals surface area contributed by atoms with Gasteiger partial charge in [0.1, 0.15) is 5.75 Å². The van der Waals surface area contributed by atoms with E-state index >= 15 is 0 Å². The van der Waals surface area contributed by atoms with Crippen LogP contribution in [-0.4, -0.2) is 46.4 Å². The van der Waals surface area contributed by atoms with Gasteiger partial charge in [-0.05, 0) is 48.0 Å². The second-order valence-electron chi connectivity index (χ2n) is 8.32. The molecule has 3 heterocycles. The minimum atomic E-state index is -0.742. The highest BCUT2D eigenvalue weighted by atomic mass is 16.7. The van der Waals surface area contributed by atoms with Crippen LogP contribution in [0.15, 0.2) is 77.5 Å². The van der Waals surface area contributed by atoms with Gasteiger partial charge in [-0.3, -0.25) is 9.59 Å². The number of amides is 2. The molecule has 5 rings (SSSR count). The van der Waals surface area contributed by atoms with E-state index in [0.717, 1.165) is 22.4 Å². The molecule has 0 aliphatic carbocycles. The first kappa shape index (κ1) is 23.1. The van der Waals surface area contributed by atoms with E-state index in [1.54, 1.807) is 31.5 Å². The van der Waals surface area contributed by atoms with Crippen LogP contribution in [0, 0.1) is 0 Å². The SMILES string of the molecule is COc1ccc(-c2cnc(C3=CCN(Cc4cccc(C(=O)ON5C(=O)CCC5=O)c4)C=C3)o2)cc1. The number of hydroxylamine groups is 2. The van der Waals surface area contributed by atoms with Crippen LogP contribution in [0.25, 0.3) is 16.9 Å². The molecule has 0 radical (unpaired) electrons. The van der Waals surface area contributed by atoms with E-state index in [9.17, 15) is 14.4 Å². The Morgan fingerprint density at radius 3 is 2.56 bits per heavy atom. The quantitative estimate of drug-likeness (QED) is 0.463. The summed E-state index contributed by atoms with van der Waals surface area (Å²) in [5.74, 6) is 0.224. The third-order valence-corrected chi connectivity index (χ3v) is 5.87. The maximum atomic E-state index is 12.4. The van der Waals surface area contributed by atoms with E-state index < -0.39 is 17.8 Å². The van der Waals surface area contributed by atoms with Crippen molar-refractivity contribution >= 4 is 23.4 Å². The van der Waals surface area contributed by atoms with Crippen molar-refractivity contribution in [2.75, 3.05) is 13.7 Å². The number of ether oxygens (including phenoxy) is 1. The molecule has 182 valence electrons. The molecule has 1 aromatic heterocycles. The number of hydrogen-bond donors (Lipinski definition) is 0. The fourth-order valence-corrected chi connectivity index (χ4v) is 3.93. The molecule has 0 unspecified atom stereocenters. The Hall–Kier alpha value is -4.66. The van der Waals surface area contributed by atoms with E-state index in [4.69, 9.17) is 14.0 Å². The zero-order chi connectivity index (χ0) is 25.1. The summed E-state index contributed by atoms with van der Waals surface area (Å²) in [5, 5.41) is 0.553. The van der Waals surface area contributed by atoms with Crippen LogP contribution in [-0.2, 0) is 21.0 Å². The molecule has 0 bridgehead atoms. The Bertz CT molecular complexity index is 1360. The number of nitrogens with zero attached hydrogens (tertiary/aromatic N) is 3. The molecular weight excluding hydrogens is 462 g/mol. The Labute approximate surface area is 207 Å². The predicted molar refractivity (Wildman–Crippen MR) is 129 cm³/mol. The molecular formula is C27H23N3O6. The molecule has 3 aromatic rings. The molecule has 0 spiro atoms. The molecule has 2 aromatic carbocycles. The smallest absolute Gasteiger partial charge is 0.363 e. The number of allylic oxidation sites excluding steroid dienone is 2. The first-order chi connectivity index (χ1) is 17.5. The van der Waals surface area contributed by atoms with Gasteiger partial charge in [0, 0.05) is 43.3 Å². The van der Waals surface area contributed by atoms with Gasteiger partial charge in [-0.1, -0.05) is 18.2 Å². The van der Waals surface area contributed by atoms with Gasteiger partial charge in [0.25, 0.3) is 11.8 Å². The molecule has 9 nitrogen and oxygen atoms in total. The molecule has 0 N–H and O–H groups in total. The number of rotatable bonds is 7. The molecule has 9 heteroatoms. The zero-order valence-corrected chi connectivity index (χ0v) is 19.5. The Kier molecular flexibility index (Phi) is 6.36. The van der Waals surface area contributed by atoms with Gasteiger partial charge in [0.05, 0.1) is 18.9 Å². The number of carbonyl (C=O) groups excluding carboxylic acids is 3. The lowest BCUT2D eigenvalue weighted by atomic mass is 10.1. The Balaban J connectivity index is 1.20. The number of methoxy groups -OCH3 is 1. The van der Waals surface area contributed by atoms with Crippen LogP contribution >= 0.6 is 0 Å². The minimum absolute atomic E-state index is 0.0548. The Morgan fingerprint density at radius 1 is 1.08 bits per heavy atom. The van der Waals surface area contributed by atoms with Crippen molar-refractivity contribution in [2.24, 2.45) is 0 Å². The molecule has 1 saturated heterocycles. The number of oxazole rings is 1. The second-order valence-corrected chi connectivity index (χ2v) is 8.32. The zero-order valence-electron chi connectivity index (χ0n) is 19.5. The van der Waals surface area contributed by atoms with Gasteiger partial charge >= 0.3 is 5.97 Å². The highest BCUT2D eigenvalue weighted by Crippen LogP contribution is 2.27. The van der Waals surface area contributed by atoms with Gasteiger partial charge < -0.3 is 18.9 Å². The largest absolute Gasteiger partial charge is 0.497 e. The van der Waals surface area contributed by atoms with Crippen molar-refractivity contribution < 1.29 is 28.4 Å². The normalized spacial score (nSPS) is 15.3. The standard InChI is InChI=1S/C27H23N3O6/c1-34-22-7-5-19(6-8-22)23-16-28-26(35-23)20-11-13-29(14-12-20)17-18-3-2-4-21(15-18)27(33)36-30-24(31)9-10-25(30)32/h2-8,11-13,15-16H,9-10,14,17H2,1H3. The molecule has 2 amide bonds. The molecule has 1 fully saturated rings. The lowest BCUT2D eigenvalue weighted by Crippen LogP contribution is -2.32. The average Bonchev–Trinajstić information content (AvgIpc) is 3.52. The summed E-state index contributed by atoms with van der Waals surface area (Å²) in [7, 11) is 1.62. The minimum Gasteiger partial charge on any atom is -0.497 e. The van der Waals surface area contributed by atoms with E-state index in [0.29, 0.717) is 29.8 Å². The summed E-state index contributed by atoms with van der Waals surface area (Å²) in [6.45, 7) is 1.17. The average molecular weight is 485 g/mol. The van der Waals surface area contributed by atoms with E-state index in [2.05, 4.69) is 9.88 Å². The van der Waals surface area contributed by atoms with Crippen molar-refractivity contribution in [2.45, 2.75) is 19.4 Å². The number of benzene rings is 2. The summed E-state index contributed by atoms with van der Waals surface area (Å²) in [5.41, 5.74) is 2.93. The van der Waals surface area contributed by atoms with Crippen molar-refractivity contribution in [1.29, 1.82) is 0 Å². The lowest BCUT2D eigenvalue weighted by molar-refractivity contribution is -0.172. The van der Waals surface area contributed by atoms with E-state index in [1.807, 2.05) is 48.7 Å². The summed E-state index contributed by atoms with van der Waals surface area (Å²) >= 11 is 0. The fraction of sp³-hybridized carbons (Fsp3) is 0.185. The van der Waals surface area contributed by atoms with Crippen molar-refractivity contribution in [3.05, 3.63) is 90.1 Å². The lowest BCUT2D eigenvalue weighted by Gasteiger charge is -2.22. The van der Waals surface area contributed by atoms with Crippen LogP contribution in [0.5, 0.6) is 5.75 Å². The van der Waals surface area contributed by atoms with Crippen molar-refractivity contribution in [3.8, 4) is 17.1 Å². The number of carbonyl (C=O) groups is 3. The summed E-state index contributed by atoms with van der Waals surface area (Å²) in [6.07, 6.45) is 7.70. The highest BCUT2D eigenvalue weighted by Gasteiger charge is 2.33.